The van der Waals surface area contributed by atoms with Gasteiger partial charge in [-0.05, 0) is 65.1 Å². The Morgan fingerprint density at radius 1 is 0.612 bits per heavy atom. The van der Waals surface area contributed by atoms with Crippen LogP contribution >= 0.6 is 0 Å². The molecule has 0 aromatic carbocycles. The van der Waals surface area contributed by atoms with Gasteiger partial charge >= 0.3 is 18.0 Å². The maximum absolute atomic E-state index is 12.0. The van der Waals surface area contributed by atoms with Crippen LogP contribution in [0.1, 0.15) is 90.4 Å². The van der Waals surface area contributed by atoms with E-state index in [9.17, 15) is 33.9 Å². The highest BCUT2D eigenvalue weighted by Gasteiger charge is 2.19. The number of unbranched alkanes of at least 4 members (excludes halogenated alkanes) is 3. The molecule has 16 heteroatoms. The Morgan fingerprint density at radius 3 is 1.98 bits per heavy atom. The zero-order valence-electron chi connectivity index (χ0n) is 29.6. The highest BCUT2D eigenvalue weighted by atomic mass is 16.5. The zero-order valence-corrected chi connectivity index (χ0v) is 29.6. The van der Waals surface area contributed by atoms with E-state index >= 15 is 0 Å². The quantitative estimate of drug-likeness (QED) is 0.0527. The summed E-state index contributed by atoms with van der Waals surface area (Å²) in [6.07, 6.45) is 6.22. The van der Waals surface area contributed by atoms with Crippen molar-refractivity contribution >= 4 is 35.6 Å². The van der Waals surface area contributed by atoms with E-state index in [2.05, 4.69) is 40.1 Å². The summed E-state index contributed by atoms with van der Waals surface area (Å²) in [5.41, 5.74) is 0. The molecule has 0 radical (unpaired) electrons. The van der Waals surface area contributed by atoms with Crippen molar-refractivity contribution in [1.29, 1.82) is 0 Å². The number of urea groups is 1. The fourth-order valence-electron chi connectivity index (χ4n) is 4.32. The number of nitrogens with one attached hydrogen (secondary N) is 4. The number of ether oxygens (including phenoxy) is 3. The first-order chi connectivity index (χ1) is 23.5. The van der Waals surface area contributed by atoms with Gasteiger partial charge in [-0.1, -0.05) is 13.3 Å². The van der Waals surface area contributed by atoms with Crippen LogP contribution in [-0.2, 0) is 38.2 Å². The SMILES string of the molecule is CCN(C)CCCCCC(=O)NCCOCCOCCCC(=O)CCOCCC(=O)NCCCC[C@@H](NC(=O)NCCCC(=O)O)C(=O)O. The molecule has 284 valence electrons. The Labute approximate surface area is 290 Å². The maximum atomic E-state index is 12.0. The molecule has 0 fully saturated rings. The van der Waals surface area contributed by atoms with Gasteiger partial charge in [0.2, 0.25) is 11.8 Å². The highest BCUT2D eigenvalue weighted by Crippen LogP contribution is 2.03. The van der Waals surface area contributed by atoms with Crippen LogP contribution in [0.15, 0.2) is 0 Å². The van der Waals surface area contributed by atoms with Crippen LogP contribution in [-0.4, -0.2) is 136 Å². The largest absolute Gasteiger partial charge is 0.481 e. The second-order valence-corrected chi connectivity index (χ2v) is 11.7. The van der Waals surface area contributed by atoms with Crippen LogP contribution in [0.2, 0.25) is 0 Å². The lowest BCUT2D eigenvalue weighted by Gasteiger charge is -2.15. The Kier molecular flexibility index (Phi) is 29.7. The summed E-state index contributed by atoms with van der Waals surface area (Å²) < 4.78 is 16.3. The lowest BCUT2D eigenvalue weighted by molar-refractivity contribution is -0.139. The van der Waals surface area contributed by atoms with Gasteiger partial charge in [-0.25, -0.2) is 9.59 Å². The molecular formula is C33H61N5O11. The van der Waals surface area contributed by atoms with Crippen LogP contribution in [0.5, 0.6) is 0 Å². The van der Waals surface area contributed by atoms with E-state index in [1.807, 2.05) is 0 Å². The topological polar surface area (TPSA) is 222 Å². The molecule has 16 nitrogen and oxygen atoms in total. The molecule has 0 unspecified atom stereocenters. The number of carboxylic acids is 2. The Balaban J connectivity index is 3.60. The molecular weight excluding hydrogens is 642 g/mol. The number of carbonyl (C=O) groups excluding carboxylic acids is 4. The van der Waals surface area contributed by atoms with Crippen molar-refractivity contribution in [2.24, 2.45) is 0 Å². The number of carbonyl (C=O) groups is 6. The first-order valence-corrected chi connectivity index (χ1v) is 17.5. The molecule has 0 aromatic rings. The smallest absolute Gasteiger partial charge is 0.326 e. The third-order valence-corrected chi connectivity index (χ3v) is 7.37. The van der Waals surface area contributed by atoms with Crippen molar-refractivity contribution in [2.75, 3.05) is 79.4 Å². The van der Waals surface area contributed by atoms with Crippen LogP contribution in [0.4, 0.5) is 4.79 Å². The van der Waals surface area contributed by atoms with Gasteiger partial charge in [-0.15, -0.1) is 0 Å². The lowest BCUT2D eigenvalue weighted by Crippen LogP contribution is -2.46. The molecule has 0 heterocycles. The number of aliphatic carboxylic acids is 2. The van der Waals surface area contributed by atoms with E-state index in [-0.39, 0.29) is 69.5 Å². The highest BCUT2D eigenvalue weighted by molar-refractivity contribution is 5.82. The van der Waals surface area contributed by atoms with Gasteiger partial charge in [0, 0.05) is 58.3 Å². The van der Waals surface area contributed by atoms with Gasteiger partial charge in [0.05, 0.1) is 33.0 Å². The average Bonchev–Trinajstić information content (AvgIpc) is 3.06. The Bertz CT molecular complexity index is 939. The molecule has 0 aliphatic rings. The summed E-state index contributed by atoms with van der Waals surface area (Å²) in [7, 11) is 2.09. The van der Waals surface area contributed by atoms with E-state index in [1.165, 1.54) is 0 Å². The monoisotopic (exact) mass is 703 g/mol. The second kappa shape index (κ2) is 31.9. The van der Waals surface area contributed by atoms with Crippen LogP contribution < -0.4 is 21.3 Å². The number of carboxylic acid groups (broad SMARTS) is 2. The first kappa shape index (κ1) is 45.7. The molecule has 1 atom stereocenters. The minimum absolute atomic E-state index is 0.0488. The molecule has 0 aromatic heterocycles. The van der Waals surface area contributed by atoms with Crippen molar-refractivity contribution in [2.45, 2.75) is 96.4 Å². The fourth-order valence-corrected chi connectivity index (χ4v) is 4.32. The van der Waals surface area contributed by atoms with E-state index < -0.39 is 24.0 Å². The summed E-state index contributed by atoms with van der Waals surface area (Å²) >= 11 is 0. The summed E-state index contributed by atoms with van der Waals surface area (Å²) in [5.74, 6) is -2.28. The normalized spacial score (nSPS) is 11.6. The van der Waals surface area contributed by atoms with Gasteiger partial charge in [0.1, 0.15) is 11.8 Å². The summed E-state index contributed by atoms with van der Waals surface area (Å²) in [4.78, 5) is 71.7. The number of ketones is 1. The minimum Gasteiger partial charge on any atom is -0.481 e. The molecule has 0 spiro atoms. The predicted octanol–water partition coefficient (Wildman–Crippen LogP) is 1.70. The summed E-state index contributed by atoms with van der Waals surface area (Å²) in [5, 5.41) is 28.2. The first-order valence-electron chi connectivity index (χ1n) is 17.5. The zero-order chi connectivity index (χ0) is 36.5. The van der Waals surface area contributed by atoms with Crippen LogP contribution in [0.3, 0.4) is 0 Å². The van der Waals surface area contributed by atoms with Crippen molar-refractivity contribution < 1.29 is 53.2 Å². The number of nitrogens with zero attached hydrogens (tertiary/aromatic N) is 1. The van der Waals surface area contributed by atoms with Gasteiger partial charge in [0.15, 0.2) is 0 Å². The molecule has 6 N–H and O–H groups in total. The molecule has 0 bridgehead atoms. The van der Waals surface area contributed by atoms with E-state index in [0.717, 1.165) is 32.4 Å². The number of rotatable bonds is 34. The lowest BCUT2D eigenvalue weighted by atomic mass is 10.1. The Hall–Kier alpha value is -3.34. The van der Waals surface area contributed by atoms with E-state index in [1.54, 1.807) is 0 Å². The Morgan fingerprint density at radius 2 is 1.27 bits per heavy atom. The summed E-state index contributed by atoms with van der Waals surface area (Å²) in [6, 6.07) is -1.78. The van der Waals surface area contributed by atoms with E-state index in [4.69, 9.17) is 19.3 Å². The van der Waals surface area contributed by atoms with Gasteiger partial charge in [-0.3, -0.25) is 19.2 Å². The minimum atomic E-state index is -1.18. The molecule has 0 aliphatic heterocycles. The molecule has 49 heavy (non-hydrogen) atoms. The summed E-state index contributed by atoms with van der Waals surface area (Å²) in [6.45, 7) is 7.26. The molecule has 0 saturated carbocycles. The van der Waals surface area contributed by atoms with Crippen LogP contribution in [0.25, 0.3) is 0 Å². The molecule has 0 saturated heterocycles. The van der Waals surface area contributed by atoms with Crippen molar-refractivity contribution in [3.63, 3.8) is 0 Å². The van der Waals surface area contributed by atoms with Crippen molar-refractivity contribution in [3.8, 4) is 0 Å². The van der Waals surface area contributed by atoms with Gasteiger partial charge < -0.3 is 50.6 Å². The molecule has 0 rings (SSSR count). The van der Waals surface area contributed by atoms with Crippen molar-refractivity contribution in [3.05, 3.63) is 0 Å². The third-order valence-electron chi connectivity index (χ3n) is 7.37. The van der Waals surface area contributed by atoms with E-state index in [0.29, 0.717) is 71.6 Å². The van der Waals surface area contributed by atoms with Crippen LogP contribution in [0, 0.1) is 0 Å². The average molecular weight is 704 g/mol. The van der Waals surface area contributed by atoms with Crippen molar-refractivity contribution in [1.82, 2.24) is 26.2 Å². The maximum Gasteiger partial charge on any atom is 0.326 e. The van der Waals surface area contributed by atoms with Gasteiger partial charge in [-0.2, -0.15) is 0 Å². The molecule has 4 amide bonds. The third kappa shape index (κ3) is 31.7. The van der Waals surface area contributed by atoms with Gasteiger partial charge in [0.25, 0.3) is 0 Å². The fraction of sp³-hybridized carbons (Fsp3) is 0.818. The number of hydrogen-bond acceptors (Lipinski definition) is 10. The molecule has 0 aliphatic carbocycles. The number of amides is 4. The predicted molar refractivity (Wildman–Crippen MR) is 182 cm³/mol. The standard InChI is InChI=1S/C33H61N5O11/c1-3-38(2)20-8-4-5-13-29(40)35-19-24-49-26-25-47-21-10-11-27(39)15-22-48-23-16-30(41)34-17-7-6-12-28(32(44)45)37-33(46)36-18-9-14-31(42)43/h28H,3-26H2,1-2H3,(H,34,41)(H,35,40)(H,42,43)(H,44,45)(H2,36,37,46)/t28-/m1/s1. The number of hydrogen-bond donors (Lipinski definition) is 6. The number of Topliss-reactive ketones (excluding diaryl/α,β-unsaturated/α-hetero) is 1. The second-order valence-electron chi connectivity index (χ2n) is 11.7.